The zero-order chi connectivity index (χ0) is 18.4. The Balaban J connectivity index is 1.56. The van der Waals surface area contributed by atoms with Crippen LogP contribution in [-0.2, 0) is 6.42 Å². The summed E-state index contributed by atoms with van der Waals surface area (Å²) in [5.41, 5.74) is 2.19. The average Bonchev–Trinajstić information content (AvgIpc) is 3.17. The van der Waals surface area contributed by atoms with Crippen LogP contribution in [0.15, 0.2) is 53.3 Å². The van der Waals surface area contributed by atoms with Gasteiger partial charge in [0.05, 0.1) is 12.8 Å². The largest absolute Gasteiger partial charge is 0.497 e. The van der Waals surface area contributed by atoms with E-state index in [9.17, 15) is 4.79 Å². The van der Waals surface area contributed by atoms with E-state index in [1.807, 2.05) is 30.3 Å². The second-order valence-corrected chi connectivity index (χ2v) is 5.42. The summed E-state index contributed by atoms with van der Waals surface area (Å²) in [6.45, 7) is 0.400. The fourth-order valence-corrected chi connectivity index (χ4v) is 2.33. The van der Waals surface area contributed by atoms with Crippen LogP contribution in [0.1, 0.15) is 21.7 Å². The lowest BCUT2D eigenvalue weighted by Crippen LogP contribution is -2.25. The smallest absolute Gasteiger partial charge is 0.251 e. The van der Waals surface area contributed by atoms with Crippen LogP contribution in [0.5, 0.6) is 5.75 Å². The summed E-state index contributed by atoms with van der Waals surface area (Å²) in [6, 6.07) is 12.3. The number of pyridine rings is 1. The quantitative estimate of drug-likeness (QED) is 0.735. The molecule has 3 aromatic rings. The molecule has 0 saturated heterocycles. The predicted octanol–water partition coefficient (Wildman–Crippen LogP) is 2.59. The van der Waals surface area contributed by atoms with Crippen LogP contribution in [0.25, 0.3) is 11.5 Å². The van der Waals surface area contributed by atoms with Gasteiger partial charge in [-0.1, -0.05) is 0 Å². The Morgan fingerprint density at radius 1 is 1.31 bits per heavy atom. The van der Waals surface area contributed by atoms with Gasteiger partial charge in [-0.3, -0.25) is 4.79 Å². The molecule has 0 aliphatic carbocycles. The van der Waals surface area contributed by atoms with Crippen LogP contribution in [0.2, 0.25) is 0 Å². The molecule has 7 heteroatoms. The van der Waals surface area contributed by atoms with E-state index in [0.29, 0.717) is 24.4 Å². The predicted molar refractivity (Wildman–Crippen MR) is 93.5 cm³/mol. The minimum atomic E-state index is -0.261. The second kappa shape index (κ2) is 7.94. The van der Waals surface area contributed by atoms with E-state index in [-0.39, 0.29) is 11.6 Å². The van der Waals surface area contributed by atoms with Gasteiger partial charge < -0.3 is 14.5 Å². The van der Waals surface area contributed by atoms with E-state index in [4.69, 9.17) is 14.4 Å². The molecule has 0 saturated carbocycles. The monoisotopic (exact) mass is 348 g/mol. The first-order valence-electron chi connectivity index (χ1n) is 7.93. The van der Waals surface area contributed by atoms with Crippen LogP contribution >= 0.6 is 0 Å². The molecule has 0 fully saturated rings. The van der Waals surface area contributed by atoms with Crippen molar-refractivity contribution < 1.29 is 13.9 Å². The number of rotatable bonds is 6. The molecule has 3 rings (SSSR count). The molecule has 2 aromatic heterocycles. The SMILES string of the molecule is COc1ccc(-c2nc(CCNC(=O)c3ccnc(C#N)c3)co2)cc1. The van der Waals surface area contributed by atoms with Gasteiger partial charge in [0.25, 0.3) is 5.91 Å². The zero-order valence-corrected chi connectivity index (χ0v) is 14.1. The summed E-state index contributed by atoms with van der Waals surface area (Å²) in [7, 11) is 1.61. The van der Waals surface area contributed by atoms with E-state index >= 15 is 0 Å². The number of hydrogen-bond acceptors (Lipinski definition) is 6. The third kappa shape index (κ3) is 4.05. The molecule has 0 bridgehead atoms. The topological polar surface area (TPSA) is 101 Å². The van der Waals surface area contributed by atoms with Gasteiger partial charge in [0, 0.05) is 30.3 Å². The first-order chi connectivity index (χ1) is 12.7. The standard InChI is InChI=1S/C19H16N4O3/c1-25-17-4-2-13(3-5-17)19-23-15(12-26-19)7-9-22-18(24)14-6-8-21-16(10-14)11-20/h2-6,8,10,12H,7,9H2,1H3,(H,22,24). The minimum Gasteiger partial charge on any atom is -0.497 e. The molecule has 1 amide bonds. The lowest BCUT2D eigenvalue weighted by atomic mass is 10.2. The van der Waals surface area contributed by atoms with Crippen molar-refractivity contribution >= 4 is 5.91 Å². The van der Waals surface area contributed by atoms with Crippen molar-refractivity contribution in [1.82, 2.24) is 15.3 Å². The molecule has 26 heavy (non-hydrogen) atoms. The molecule has 1 N–H and O–H groups in total. The number of hydrogen-bond donors (Lipinski definition) is 1. The van der Waals surface area contributed by atoms with E-state index < -0.39 is 0 Å². The van der Waals surface area contributed by atoms with Gasteiger partial charge in [-0.2, -0.15) is 5.26 Å². The number of carbonyl (C=O) groups is 1. The van der Waals surface area contributed by atoms with Crippen LogP contribution in [0.3, 0.4) is 0 Å². The van der Waals surface area contributed by atoms with Crippen LogP contribution in [0, 0.1) is 11.3 Å². The summed E-state index contributed by atoms with van der Waals surface area (Å²) in [5, 5.41) is 11.6. The Kier molecular flexibility index (Phi) is 5.25. The maximum Gasteiger partial charge on any atom is 0.251 e. The minimum absolute atomic E-state index is 0.207. The number of oxazole rings is 1. The molecular formula is C19H16N4O3. The first-order valence-corrected chi connectivity index (χ1v) is 7.93. The number of nitrogens with one attached hydrogen (secondary N) is 1. The van der Waals surface area contributed by atoms with Crippen molar-refractivity contribution in [1.29, 1.82) is 5.26 Å². The number of benzene rings is 1. The third-order valence-electron chi connectivity index (χ3n) is 3.69. The highest BCUT2D eigenvalue weighted by Gasteiger charge is 2.09. The van der Waals surface area contributed by atoms with E-state index in [1.54, 1.807) is 19.4 Å². The Labute approximate surface area is 150 Å². The first kappa shape index (κ1) is 17.2. The Hall–Kier alpha value is -3.66. The number of nitrogens with zero attached hydrogens (tertiary/aromatic N) is 3. The van der Waals surface area contributed by atoms with Gasteiger partial charge in [0.1, 0.15) is 23.8 Å². The van der Waals surface area contributed by atoms with E-state index in [1.165, 1.54) is 12.3 Å². The zero-order valence-electron chi connectivity index (χ0n) is 14.1. The normalized spacial score (nSPS) is 10.2. The van der Waals surface area contributed by atoms with Gasteiger partial charge in [-0.05, 0) is 36.4 Å². The molecule has 0 radical (unpaired) electrons. The van der Waals surface area contributed by atoms with Crippen molar-refractivity contribution in [3.63, 3.8) is 0 Å². The number of nitriles is 1. The van der Waals surface area contributed by atoms with Gasteiger partial charge in [-0.25, -0.2) is 9.97 Å². The van der Waals surface area contributed by atoms with Crippen LogP contribution in [-0.4, -0.2) is 29.5 Å². The molecule has 0 atom stereocenters. The number of aromatic nitrogens is 2. The number of carbonyl (C=O) groups excluding carboxylic acids is 1. The lowest BCUT2D eigenvalue weighted by Gasteiger charge is -2.03. The highest BCUT2D eigenvalue weighted by molar-refractivity contribution is 5.94. The molecule has 130 valence electrons. The highest BCUT2D eigenvalue weighted by Crippen LogP contribution is 2.21. The van der Waals surface area contributed by atoms with Crippen LogP contribution < -0.4 is 10.1 Å². The molecule has 0 unspecified atom stereocenters. The lowest BCUT2D eigenvalue weighted by molar-refractivity contribution is 0.0954. The van der Waals surface area contributed by atoms with Crippen LogP contribution in [0.4, 0.5) is 0 Å². The van der Waals surface area contributed by atoms with Crippen molar-refractivity contribution in [3.8, 4) is 23.3 Å². The summed E-state index contributed by atoms with van der Waals surface area (Å²) < 4.78 is 10.6. The summed E-state index contributed by atoms with van der Waals surface area (Å²) in [6.07, 6.45) is 3.54. The summed E-state index contributed by atoms with van der Waals surface area (Å²) in [4.78, 5) is 20.3. The molecule has 7 nitrogen and oxygen atoms in total. The second-order valence-electron chi connectivity index (χ2n) is 5.42. The van der Waals surface area contributed by atoms with Gasteiger partial charge in [0.15, 0.2) is 0 Å². The molecule has 1 aromatic carbocycles. The third-order valence-corrected chi connectivity index (χ3v) is 3.69. The van der Waals surface area contributed by atoms with Crippen molar-refractivity contribution in [2.45, 2.75) is 6.42 Å². The summed E-state index contributed by atoms with van der Waals surface area (Å²) in [5.74, 6) is 1.02. The average molecular weight is 348 g/mol. The Morgan fingerprint density at radius 3 is 2.85 bits per heavy atom. The Bertz CT molecular complexity index is 942. The summed E-state index contributed by atoms with van der Waals surface area (Å²) >= 11 is 0. The molecule has 0 spiro atoms. The van der Waals surface area contributed by atoms with Crippen molar-refractivity contribution in [2.24, 2.45) is 0 Å². The fraction of sp³-hybridized carbons (Fsp3) is 0.158. The van der Waals surface area contributed by atoms with E-state index in [0.717, 1.165) is 17.0 Å². The highest BCUT2D eigenvalue weighted by atomic mass is 16.5. The molecule has 0 aliphatic rings. The maximum absolute atomic E-state index is 12.1. The number of amides is 1. The maximum atomic E-state index is 12.1. The van der Waals surface area contributed by atoms with Crippen molar-refractivity contribution in [2.75, 3.05) is 13.7 Å². The van der Waals surface area contributed by atoms with Gasteiger partial charge in [-0.15, -0.1) is 0 Å². The Morgan fingerprint density at radius 2 is 2.12 bits per heavy atom. The van der Waals surface area contributed by atoms with Gasteiger partial charge >= 0.3 is 0 Å². The molecule has 0 aliphatic heterocycles. The van der Waals surface area contributed by atoms with Crippen molar-refractivity contribution in [3.05, 3.63) is 65.8 Å². The number of methoxy groups -OCH3 is 1. The molecule has 2 heterocycles. The van der Waals surface area contributed by atoms with E-state index in [2.05, 4.69) is 15.3 Å². The number of ether oxygens (including phenoxy) is 1. The van der Waals surface area contributed by atoms with Gasteiger partial charge in [0.2, 0.25) is 5.89 Å². The molecular weight excluding hydrogens is 332 g/mol. The fourth-order valence-electron chi connectivity index (χ4n) is 2.33.